The first kappa shape index (κ1) is 16.8. The van der Waals surface area contributed by atoms with Gasteiger partial charge in [-0.1, -0.05) is 13.8 Å². The number of rotatable bonds is 1. The van der Waals surface area contributed by atoms with E-state index in [2.05, 4.69) is 45.7 Å². The molecule has 3 unspecified atom stereocenters. The Morgan fingerprint density at radius 3 is 2.60 bits per heavy atom. The van der Waals surface area contributed by atoms with Crippen molar-refractivity contribution in [3.8, 4) is 0 Å². The fourth-order valence-electron chi connectivity index (χ4n) is 4.09. The average molecular weight is 424 g/mol. The maximum absolute atomic E-state index is 13.0. The van der Waals surface area contributed by atoms with E-state index in [1.54, 1.807) is 0 Å². The Morgan fingerprint density at radius 1 is 1.16 bits per heavy atom. The number of hydrogen-bond acceptors (Lipinski definition) is 5. The highest BCUT2D eigenvalue weighted by Crippen LogP contribution is 2.48. The molecule has 0 radical (unpaired) electrons. The summed E-state index contributed by atoms with van der Waals surface area (Å²) in [6.07, 6.45) is 0.673. The molecule has 0 spiro atoms. The molecule has 3 heterocycles. The van der Waals surface area contributed by atoms with Gasteiger partial charge in [-0.15, -0.1) is 11.3 Å². The van der Waals surface area contributed by atoms with Gasteiger partial charge in [0.25, 0.3) is 0 Å². The topological polar surface area (TPSA) is 87.3 Å². The van der Waals surface area contributed by atoms with E-state index in [4.69, 9.17) is 0 Å². The van der Waals surface area contributed by atoms with Gasteiger partial charge in [0, 0.05) is 28.5 Å². The Labute approximate surface area is 157 Å². The number of ketones is 1. The summed E-state index contributed by atoms with van der Waals surface area (Å²) in [4.78, 5) is 38.3. The predicted octanol–water partition coefficient (Wildman–Crippen LogP) is 2.62. The molecule has 4 rings (SSSR count). The molecular formula is C17H18BrN3O3S. The number of amides is 3. The number of nitrogens with one attached hydrogen (secondary N) is 3. The molecule has 0 saturated carbocycles. The molecule has 25 heavy (non-hydrogen) atoms. The minimum Gasteiger partial charge on any atom is -0.368 e. The second-order valence-electron chi connectivity index (χ2n) is 7.56. The Bertz CT molecular complexity index is 829. The molecule has 1 aromatic rings. The van der Waals surface area contributed by atoms with Crippen molar-refractivity contribution in [2.24, 2.45) is 11.3 Å². The zero-order valence-electron chi connectivity index (χ0n) is 13.8. The molecule has 0 aromatic carbocycles. The van der Waals surface area contributed by atoms with Crippen molar-refractivity contribution < 1.29 is 14.4 Å². The highest BCUT2D eigenvalue weighted by atomic mass is 79.9. The molecule has 1 fully saturated rings. The number of fused-ring (bicyclic) bond motifs is 1. The molecule has 0 bridgehead atoms. The summed E-state index contributed by atoms with van der Waals surface area (Å²) in [5.41, 5.74) is 1.41. The third-order valence-corrected chi connectivity index (χ3v) is 6.71. The lowest BCUT2D eigenvalue weighted by atomic mass is 9.67. The summed E-state index contributed by atoms with van der Waals surface area (Å²) in [6.45, 7) is 4.12. The molecule has 1 aromatic heterocycles. The molecule has 3 amide bonds. The number of Topliss-reactive ketones (excluding diaryl/α,β-unsaturated/α-hetero) is 1. The van der Waals surface area contributed by atoms with Crippen molar-refractivity contribution >= 4 is 45.0 Å². The smallest absolute Gasteiger partial charge is 0.323 e. The number of carbonyl (C=O) groups excluding carboxylic acids is 3. The summed E-state index contributed by atoms with van der Waals surface area (Å²) in [5.74, 6) is -1.16. The third-order valence-electron chi connectivity index (χ3n) is 5.01. The van der Waals surface area contributed by atoms with Gasteiger partial charge < -0.3 is 10.6 Å². The molecule has 2 aliphatic heterocycles. The van der Waals surface area contributed by atoms with Gasteiger partial charge >= 0.3 is 6.03 Å². The summed E-state index contributed by atoms with van der Waals surface area (Å²) in [6, 6.07) is 3.37. The zero-order valence-corrected chi connectivity index (χ0v) is 16.2. The van der Waals surface area contributed by atoms with E-state index >= 15 is 0 Å². The number of imide groups is 1. The van der Waals surface area contributed by atoms with Crippen LogP contribution in [-0.4, -0.2) is 23.9 Å². The van der Waals surface area contributed by atoms with Crippen molar-refractivity contribution in [1.29, 1.82) is 0 Å². The number of thiophene rings is 1. The van der Waals surface area contributed by atoms with Crippen LogP contribution < -0.4 is 16.0 Å². The molecule has 8 heteroatoms. The predicted molar refractivity (Wildman–Crippen MR) is 96.9 cm³/mol. The van der Waals surface area contributed by atoms with E-state index in [0.717, 1.165) is 20.8 Å². The van der Waals surface area contributed by atoms with Gasteiger partial charge in [0.1, 0.15) is 6.17 Å². The van der Waals surface area contributed by atoms with E-state index in [-0.39, 0.29) is 23.0 Å². The molecule has 3 atom stereocenters. The van der Waals surface area contributed by atoms with Gasteiger partial charge in [-0.05, 0) is 39.9 Å². The molecule has 1 saturated heterocycles. The van der Waals surface area contributed by atoms with Gasteiger partial charge in [-0.3, -0.25) is 14.9 Å². The maximum atomic E-state index is 13.0. The first-order chi connectivity index (χ1) is 11.7. The minimum atomic E-state index is -0.549. The summed E-state index contributed by atoms with van der Waals surface area (Å²) in [5, 5.41) is 8.41. The van der Waals surface area contributed by atoms with Gasteiger partial charge in [-0.2, -0.15) is 0 Å². The van der Waals surface area contributed by atoms with E-state index in [0.29, 0.717) is 12.0 Å². The lowest BCUT2D eigenvalue weighted by Crippen LogP contribution is -2.66. The fourth-order valence-corrected chi connectivity index (χ4v) is 5.67. The normalized spacial score (nSPS) is 30.8. The van der Waals surface area contributed by atoms with Gasteiger partial charge in [0.2, 0.25) is 5.91 Å². The molecular weight excluding hydrogens is 406 g/mol. The van der Waals surface area contributed by atoms with Crippen molar-refractivity contribution in [1.82, 2.24) is 16.0 Å². The van der Waals surface area contributed by atoms with E-state index in [9.17, 15) is 14.4 Å². The number of urea groups is 1. The SMILES string of the molecule is CC1(C)CC(=O)C2=C(C1)NC1NC(=O)NC(=O)C1C2c1ccc(Br)s1. The van der Waals surface area contributed by atoms with Crippen LogP contribution in [0.4, 0.5) is 4.79 Å². The van der Waals surface area contributed by atoms with Gasteiger partial charge in [0.15, 0.2) is 5.78 Å². The van der Waals surface area contributed by atoms with Crippen molar-refractivity contribution in [3.63, 3.8) is 0 Å². The summed E-state index contributed by atoms with van der Waals surface area (Å²) in [7, 11) is 0. The molecule has 132 valence electrons. The van der Waals surface area contributed by atoms with Crippen LogP contribution in [0.2, 0.25) is 0 Å². The van der Waals surface area contributed by atoms with Crippen LogP contribution in [0.25, 0.3) is 0 Å². The number of hydrogen-bond donors (Lipinski definition) is 3. The Kier molecular flexibility index (Phi) is 3.81. The van der Waals surface area contributed by atoms with Crippen LogP contribution in [0.5, 0.6) is 0 Å². The number of halogens is 1. The average Bonchev–Trinajstić information content (AvgIpc) is 2.89. The van der Waals surface area contributed by atoms with Crippen LogP contribution in [-0.2, 0) is 9.59 Å². The molecule has 3 aliphatic rings. The van der Waals surface area contributed by atoms with E-state index in [1.165, 1.54) is 11.3 Å². The lowest BCUT2D eigenvalue weighted by Gasteiger charge is -2.46. The Hall–Kier alpha value is -1.67. The second kappa shape index (κ2) is 5.67. The van der Waals surface area contributed by atoms with Crippen LogP contribution in [0.3, 0.4) is 0 Å². The first-order valence-electron chi connectivity index (χ1n) is 8.14. The second-order valence-corrected chi connectivity index (χ2v) is 10.1. The standard InChI is InChI=1S/C17H18BrN3O3S/c1-17(2)5-7-11(8(22)6-17)12(9-3-4-10(18)25-9)13-14(19-7)20-16(24)21-15(13)23/h3-4,12-14,19H,5-6H2,1-2H3,(H2,20,21,23,24). The van der Waals surface area contributed by atoms with Crippen LogP contribution in [0.15, 0.2) is 27.2 Å². The van der Waals surface area contributed by atoms with Crippen molar-refractivity contribution in [2.45, 2.75) is 38.8 Å². The fraction of sp³-hybridized carbons (Fsp3) is 0.471. The summed E-state index contributed by atoms with van der Waals surface area (Å²) >= 11 is 4.98. The molecule has 1 aliphatic carbocycles. The quantitative estimate of drug-likeness (QED) is 0.647. The van der Waals surface area contributed by atoms with E-state index in [1.807, 2.05) is 12.1 Å². The van der Waals surface area contributed by atoms with Crippen LogP contribution in [0.1, 0.15) is 37.5 Å². The zero-order chi connectivity index (χ0) is 17.9. The Balaban J connectivity index is 1.87. The van der Waals surface area contributed by atoms with Crippen molar-refractivity contribution in [3.05, 3.63) is 32.1 Å². The Morgan fingerprint density at radius 2 is 1.92 bits per heavy atom. The maximum Gasteiger partial charge on any atom is 0.323 e. The lowest BCUT2D eigenvalue weighted by molar-refractivity contribution is -0.127. The van der Waals surface area contributed by atoms with Crippen LogP contribution in [0, 0.1) is 11.3 Å². The largest absolute Gasteiger partial charge is 0.368 e. The van der Waals surface area contributed by atoms with Gasteiger partial charge in [0.05, 0.1) is 9.70 Å². The highest BCUT2D eigenvalue weighted by molar-refractivity contribution is 9.11. The monoisotopic (exact) mass is 423 g/mol. The molecule has 6 nitrogen and oxygen atoms in total. The van der Waals surface area contributed by atoms with Crippen molar-refractivity contribution in [2.75, 3.05) is 0 Å². The van der Waals surface area contributed by atoms with Crippen LogP contribution >= 0.6 is 27.3 Å². The van der Waals surface area contributed by atoms with Gasteiger partial charge in [-0.25, -0.2) is 4.79 Å². The van der Waals surface area contributed by atoms with E-state index < -0.39 is 18.1 Å². The number of allylic oxidation sites excluding steroid dienone is 2. The number of carbonyl (C=O) groups is 3. The minimum absolute atomic E-state index is 0.0800. The first-order valence-corrected chi connectivity index (χ1v) is 9.75. The summed E-state index contributed by atoms with van der Waals surface area (Å²) < 4.78 is 0.948. The third kappa shape index (κ3) is 2.81. The highest BCUT2D eigenvalue weighted by Gasteiger charge is 2.51. The molecule has 3 N–H and O–H groups in total.